The highest BCUT2D eigenvalue weighted by molar-refractivity contribution is 7.89. The zero-order chi connectivity index (χ0) is 14.6. The van der Waals surface area contributed by atoms with Crippen LogP contribution in [-0.2, 0) is 21.3 Å². The van der Waals surface area contributed by atoms with Gasteiger partial charge in [-0.2, -0.15) is 0 Å². The Kier molecular flexibility index (Phi) is 5.17. The lowest BCUT2D eigenvalue weighted by atomic mass is 10.3. The van der Waals surface area contributed by atoms with Crippen LogP contribution in [0.3, 0.4) is 0 Å². The molecule has 0 aliphatic carbocycles. The summed E-state index contributed by atoms with van der Waals surface area (Å²) in [6.45, 7) is 5.89. The summed E-state index contributed by atoms with van der Waals surface area (Å²) in [5, 5.41) is 0. The first-order valence-corrected chi connectivity index (χ1v) is 8.24. The van der Waals surface area contributed by atoms with Crippen LogP contribution in [0.1, 0.15) is 12.6 Å². The van der Waals surface area contributed by atoms with E-state index in [0.717, 1.165) is 19.6 Å². The number of nitrogens with zero attached hydrogens (tertiary/aromatic N) is 1. The normalized spacial score (nSPS) is 21.2. The van der Waals surface area contributed by atoms with E-state index in [9.17, 15) is 8.42 Å². The molecule has 20 heavy (non-hydrogen) atoms. The molecule has 7 nitrogen and oxygen atoms in total. The zero-order valence-electron chi connectivity index (χ0n) is 11.6. The largest absolute Gasteiger partial charge is 0.374 e. The predicted octanol–water partition coefficient (Wildman–Crippen LogP) is -0.528. The molecule has 2 rings (SSSR count). The van der Waals surface area contributed by atoms with Gasteiger partial charge < -0.3 is 15.5 Å². The third-order valence-electron chi connectivity index (χ3n) is 3.42. The first-order valence-electron chi connectivity index (χ1n) is 6.76. The maximum Gasteiger partial charge on any atom is 0.242 e. The minimum absolute atomic E-state index is 0.105. The Hall–Kier alpha value is -0.930. The Balaban J connectivity index is 1.92. The van der Waals surface area contributed by atoms with Crippen LogP contribution in [0, 0.1) is 0 Å². The van der Waals surface area contributed by atoms with Gasteiger partial charge in [0, 0.05) is 38.1 Å². The van der Waals surface area contributed by atoms with E-state index in [0.29, 0.717) is 12.3 Å². The molecular weight excluding hydrogens is 280 g/mol. The molecule has 4 N–H and O–H groups in total. The predicted molar refractivity (Wildman–Crippen MR) is 75.7 cm³/mol. The van der Waals surface area contributed by atoms with Crippen LogP contribution in [0.4, 0.5) is 0 Å². The summed E-state index contributed by atoms with van der Waals surface area (Å²) in [6, 6.07) is 1.54. The minimum atomic E-state index is -3.51. The summed E-state index contributed by atoms with van der Waals surface area (Å²) in [6.07, 6.45) is 1.34. The lowest BCUT2D eigenvalue weighted by Gasteiger charge is -2.32. The van der Waals surface area contributed by atoms with E-state index >= 15 is 0 Å². The van der Waals surface area contributed by atoms with E-state index in [4.69, 9.17) is 10.5 Å². The van der Waals surface area contributed by atoms with E-state index in [-0.39, 0.29) is 24.1 Å². The number of hydrogen-bond acceptors (Lipinski definition) is 5. The lowest BCUT2D eigenvalue weighted by molar-refractivity contribution is -0.0229. The van der Waals surface area contributed by atoms with Crippen LogP contribution < -0.4 is 10.5 Å². The quantitative estimate of drug-likeness (QED) is 0.656. The van der Waals surface area contributed by atoms with Crippen molar-refractivity contribution in [3.63, 3.8) is 0 Å². The average molecular weight is 302 g/mol. The van der Waals surface area contributed by atoms with Crippen molar-refractivity contribution in [2.45, 2.75) is 24.5 Å². The van der Waals surface area contributed by atoms with Crippen LogP contribution in [0.2, 0.25) is 0 Å². The summed E-state index contributed by atoms with van der Waals surface area (Å²) in [5.74, 6) is 0. The first kappa shape index (κ1) is 15.5. The fraction of sp³-hybridized carbons (Fsp3) is 0.667. The highest BCUT2D eigenvalue weighted by atomic mass is 32.2. The van der Waals surface area contributed by atoms with E-state index < -0.39 is 10.0 Å². The number of H-pyrrole nitrogens is 1. The summed E-state index contributed by atoms with van der Waals surface area (Å²) in [5.41, 5.74) is 6.15. The van der Waals surface area contributed by atoms with Gasteiger partial charge in [0.25, 0.3) is 0 Å². The van der Waals surface area contributed by atoms with Crippen LogP contribution in [0.15, 0.2) is 17.2 Å². The van der Waals surface area contributed by atoms with Crippen molar-refractivity contribution < 1.29 is 13.2 Å². The molecule has 1 aliphatic heterocycles. The lowest BCUT2D eigenvalue weighted by Crippen LogP contribution is -2.47. The number of likely N-dealkylation sites (N-methyl/N-ethyl adjacent to an activating group) is 1. The second kappa shape index (κ2) is 6.68. The number of aromatic amines is 1. The highest BCUT2D eigenvalue weighted by Crippen LogP contribution is 2.11. The summed E-state index contributed by atoms with van der Waals surface area (Å²) in [7, 11) is -3.51. The first-order chi connectivity index (χ1) is 9.55. The third-order valence-corrected chi connectivity index (χ3v) is 4.82. The van der Waals surface area contributed by atoms with E-state index in [2.05, 4.69) is 21.5 Å². The number of ether oxygens (including phenoxy) is 1. The molecule has 1 fully saturated rings. The monoisotopic (exact) mass is 302 g/mol. The average Bonchev–Trinajstić information content (AvgIpc) is 2.95. The van der Waals surface area contributed by atoms with Gasteiger partial charge in [0.2, 0.25) is 10.0 Å². The third kappa shape index (κ3) is 3.80. The van der Waals surface area contributed by atoms with Gasteiger partial charge >= 0.3 is 0 Å². The number of sulfonamides is 1. The van der Waals surface area contributed by atoms with Crippen molar-refractivity contribution in [1.82, 2.24) is 14.6 Å². The summed E-state index contributed by atoms with van der Waals surface area (Å²) < 4.78 is 32.4. The molecule has 0 radical (unpaired) electrons. The van der Waals surface area contributed by atoms with E-state index in [1.807, 2.05) is 0 Å². The van der Waals surface area contributed by atoms with Crippen molar-refractivity contribution in [1.29, 1.82) is 0 Å². The molecule has 1 aromatic rings. The number of rotatable bonds is 6. The van der Waals surface area contributed by atoms with Gasteiger partial charge in [-0.1, -0.05) is 6.92 Å². The van der Waals surface area contributed by atoms with Gasteiger partial charge in [0.05, 0.1) is 17.6 Å². The molecule has 0 amide bonds. The number of hydrogen-bond donors (Lipinski definition) is 3. The molecule has 2 heterocycles. The maximum absolute atomic E-state index is 12.1. The molecule has 0 bridgehead atoms. The van der Waals surface area contributed by atoms with Gasteiger partial charge in [-0.3, -0.25) is 4.90 Å². The van der Waals surface area contributed by atoms with Crippen LogP contribution in [0.5, 0.6) is 0 Å². The van der Waals surface area contributed by atoms with Crippen LogP contribution >= 0.6 is 0 Å². The minimum Gasteiger partial charge on any atom is -0.374 e. The van der Waals surface area contributed by atoms with Crippen LogP contribution in [0.25, 0.3) is 0 Å². The Bertz CT molecular complexity index is 529. The molecule has 1 atom stereocenters. The Morgan fingerprint density at radius 2 is 2.40 bits per heavy atom. The number of nitrogens with two attached hydrogens (primary N) is 1. The molecule has 0 aromatic carbocycles. The molecule has 1 aromatic heterocycles. The van der Waals surface area contributed by atoms with Crippen molar-refractivity contribution in [3.05, 3.63) is 18.0 Å². The van der Waals surface area contributed by atoms with Crippen molar-refractivity contribution in [2.75, 3.05) is 32.8 Å². The Labute approximate surface area is 119 Å². The number of morpholine rings is 1. The Morgan fingerprint density at radius 1 is 1.60 bits per heavy atom. The molecule has 1 aliphatic rings. The topological polar surface area (TPSA) is 100 Å². The van der Waals surface area contributed by atoms with Crippen molar-refractivity contribution >= 4 is 10.0 Å². The fourth-order valence-electron chi connectivity index (χ4n) is 2.17. The van der Waals surface area contributed by atoms with E-state index in [1.54, 1.807) is 6.07 Å². The molecule has 114 valence electrons. The van der Waals surface area contributed by atoms with Gasteiger partial charge in [0.1, 0.15) is 0 Å². The number of nitrogens with one attached hydrogen (secondary N) is 2. The molecule has 1 unspecified atom stereocenters. The molecule has 0 saturated carbocycles. The number of aromatic nitrogens is 1. The molecule has 0 spiro atoms. The van der Waals surface area contributed by atoms with Gasteiger partial charge in [0.15, 0.2) is 0 Å². The van der Waals surface area contributed by atoms with Crippen molar-refractivity contribution in [3.8, 4) is 0 Å². The van der Waals surface area contributed by atoms with Crippen molar-refractivity contribution in [2.24, 2.45) is 5.73 Å². The van der Waals surface area contributed by atoms with Crippen LogP contribution in [-0.4, -0.2) is 57.2 Å². The second-order valence-corrected chi connectivity index (χ2v) is 6.57. The summed E-state index contributed by atoms with van der Waals surface area (Å²) >= 11 is 0. The summed E-state index contributed by atoms with van der Waals surface area (Å²) in [4.78, 5) is 5.28. The smallest absolute Gasteiger partial charge is 0.242 e. The van der Waals surface area contributed by atoms with Gasteiger partial charge in [-0.15, -0.1) is 0 Å². The zero-order valence-corrected chi connectivity index (χ0v) is 12.4. The van der Waals surface area contributed by atoms with E-state index in [1.165, 1.54) is 6.20 Å². The SMILES string of the molecule is CCN1CCOC(CNS(=O)(=O)c2c[nH]c(CN)c2)C1. The molecule has 1 saturated heterocycles. The molecular formula is C12H22N4O3S. The second-order valence-electron chi connectivity index (χ2n) is 4.80. The maximum atomic E-state index is 12.1. The van der Waals surface area contributed by atoms with Gasteiger partial charge in [-0.25, -0.2) is 13.1 Å². The highest BCUT2D eigenvalue weighted by Gasteiger charge is 2.22. The molecule has 8 heteroatoms. The van der Waals surface area contributed by atoms with Gasteiger partial charge in [-0.05, 0) is 12.6 Å². The Morgan fingerprint density at radius 3 is 3.05 bits per heavy atom. The fourth-order valence-corrected chi connectivity index (χ4v) is 3.25. The standard InChI is InChI=1S/C12H22N4O3S/c1-2-16-3-4-19-11(9-16)7-15-20(17,18)12-5-10(6-13)14-8-12/h5,8,11,14-15H,2-4,6-7,9,13H2,1H3.